The lowest BCUT2D eigenvalue weighted by atomic mass is 10.2. The number of sulfone groups is 1. The molecule has 0 radical (unpaired) electrons. The molecule has 0 saturated heterocycles. The molecule has 0 aromatic heterocycles. The Hall–Kier alpha value is -4.18. The molecule has 0 unspecified atom stereocenters. The van der Waals surface area contributed by atoms with E-state index >= 15 is 0 Å². The third-order valence-electron chi connectivity index (χ3n) is 8.87. The van der Waals surface area contributed by atoms with Crippen molar-refractivity contribution in [1.29, 1.82) is 0 Å². The van der Waals surface area contributed by atoms with Gasteiger partial charge in [-0.1, -0.05) is 130 Å². The van der Waals surface area contributed by atoms with E-state index < -0.39 is 88.3 Å². The van der Waals surface area contributed by atoms with Crippen LogP contribution >= 0.6 is 46.6 Å². The van der Waals surface area contributed by atoms with Crippen LogP contribution in [0.2, 0.25) is 0 Å². The Morgan fingerprint density at radius 1 is 0.479 bits per heavy atom. The quantitative estimate of drug-likeness (QED) is 0.0941. The summed E-state index contributed by atoms with van der Waals surface area (Å²) in [5.41, 5.74) is 2.00. The van der Waals surface area contributed by atoms with Gasteiger partial charge in [-0.2, -0.15) is 8.42 Å². The number of methoxy groups -OCH3 is 2. The number of sulfonamides is 1. The Morgan fingerprint density at radius 3 is 1.03 bits per heavy atom. The van der Waals surface area contributed by atoms with Gasteiger partial charge in [0.05, 0.1) is 25.7 Å². The van der Waals surface area contributed by atoms with Crippen LogP contribution in [0.5, 0.6) is 11.5 Å². The van der Waals surface area contributed by atoms with E-state index in [9.17, 15) is 75.1 Å². The van der Waals surface area contributed by atoms with E-state index in [0.717, 1.165) is 53.0 Å². The Morgan fingerprint density at radius 2 is 0.753 bits per heavy atom. The summed E-state index contributed by atoms with van der Waals surface area (Å²) in [6.45, 7) is 2.40. The second kappa shape index (κ2) is 22.2. The Balaban J connectivity index is 0.000000987. The highest BCUT2D eigenvalue weighted by molar-refractivity contribution is 9.10. The first-order chi connectivity index (χ1) is 32.5. The van der Waals surface area contributed by atoms with Crippen LogP contribution < -0.4 is 9.47 Å². The second-order valence-corrected chi connectivity index (χ2v) is 28.0. The van der Waals surface area contributed by atoms with Crippen molar-refractivity contribution in [2.45, 2.75) is 46.2 Å². The van der Waals surface area contributed by atoms with Crippen LogP contribution in [-0.2, 0) is 56.0 Å². The fraction of sp³-hybridized carbons (Fsp3) is 0.268. The predicted octanol–water partition coefficient (Wildman–Crippen LogP) is 16.0. The first-order valence-electron chi connectivity index (χ1n) is 19.6. The van der Waals surface area contributed by atoms with Crippen molar-refractivity contribution in [1.82, 2.24) is 9.21 Å². The van der Waals surface area contributed by atoms with Gasteiger partial charge < -0.3 is 14.4 Å². The van der Waals surface area contributed by atoms with E-state index in [2.05, 4.69) is 47.1 Å². The third-order valence-corrected chi connectivity index (χ3v) is 16.3. The van der Waals surface area contributed by atoms with Crippen LogP contribution in [0.4, 0.5) is 58.3 Å². The minimum absolute atomic E-state index is 0. The molecule has 5 aromatic rings. The summed E-state index contributed by atoms with van der Waals surface area (Å²) < 4.78 is 261. The second-order valence-electron chi connectivity index (χ2n) is 15.3. The molecule has 0 aliphatic carbocycles. The monoisotopic (exact) mass is 1250 g/mol. The van der Waals surface area contributed by atoms with E-state index in [-0.39, 0.29) is 49.1 Å². The van der Waals surface area contributed by atoms with E-state index in [4.69, 9.17) is 17.9 Å². The molecular weight excluding hydrogens is 1210 g/mol. The number of ether oxygens (including phenoxy) is 2. The Kier molecular flexibility index (Phi) is 20.3. The molecule has 0 atom stereocenters. The minimum Gasteiger partial charge on any atom is -0.497 e. The predicted molar refractivity (Wildman–Crippen MR) is 263 cm³/mol. The number of benzene rings is 5. The highest BCUT2D eigenvalue weighted by atomic mass is 79.9. The van der Waals surface area contributed by atoms with E-state index in [0.29, 0.717) is 27.9 Å². The van der Waals surface area contributed by atoms with Crippen LogP contribution in [-0.4, -0.2) is 75.6 Å². The molecule has 10 nitrogen and oxygen atoms in total. The van der Waals surface area contributed by atoms with Crippen molar-refractivity contribution in [2.24, 2.45) is 0 Å². The topological polar surface area (TPSA) is 127 Å². The van der Waals surface area contributed by atoms with Gasteiger partial charge in [0.15, 0.2) is 9.84 Å². The van der Waals surface area contributed by atoms with Gasteiger partial charge in [0, 0.05) is 31.8 Å². The smallest absolute Gasteiger partial charge is 0.335 e. The standard InChI is InChI=1S/C16H18F5NO3S2.C10H15NO.C9H11F5O2S2.C6H4BrF5S.O2S.H2/c1-22(11-13-3-7-15(25-2)8-4-13)26(23,24)12-14-5-9-16(10-6-14)27(17,18,19,20)21;1-11(2)8-9-4-6-10(12-3)7-5-9;1-2-17(15,16)7-8-3-5-9(6-4-8)18(10,11,12,13)14;7-5-1-3-6(4-2-5)13(8,9,10,11)12;1-3-2;/h3-10H,11-12H2,1-2H3;4-7H,8H2,1-3H3;3-6H,2,7H2,1H3;1-4H;;1H. The van der Waals surface area contributed by atoms with Crippen LogP contribution in [0.1, 0.15) is 30.6 Å². The number of halogens is 16. The first-order valence-corrected chi connectivity index (χ1v) is 30.3. The van der Waals surface area contributed by atoms with Gasteiger partial charge in [0.2, 0.25) is 10.0 Å². The van der Waals surface area contributed by atoms with E-state index in [1.165, 1.54) is 26.6 Å². The van der Waals surface area contributed by atoms with Crippen molar-refractivity contribution < 1.29 is 94.4 Å². The Labute approximate surface area is 426 Å². The van der Waals surface area contributed by atoms with E-state index in [1.54, 1.807) is 31.4 Å². The van der Waals surface area contributed by atoms with Crippen molar-refractivity contribution in [3.63, 3.8) is 0 Å². The van der Waals surface area contributed by atoms with Crippen LogP contribution in [0.15, 0.2) is 140 Å². The average Bonchev–Trinajstić information content (AvgIpc) is 3.23. The minimum atomic E-state index is -9.77. The SMILES string of the molecule is CCS(=O)(=O)Cc1ccc(S(F)(F)(F)(F)F)cc1.COc1ccc(CN(C)C)cc1.COc1ccc(CN(C)S(=O)(=O)Cc2ccc(S(F)(F)(F)(F)F)cc2)cc1.FS(F)(F)(F)(F)c1ccc(Br)cc1.O=S=O.[HH]. The van der Waals surface area contributed by atoms with Crippen LogP contribution in [0.25, 0.3) is 0 Å². The summed E-state index contributed by atoms with van der Waals surface area (Å²) in [6, 6.07) is 21.2. The van der Waals surface area contributed by atoms with Gasteiger partial charge in [0.1, 0.15) is 26.2 Å². The third kappa shape index (κ3) is 25.7. The molecule has 0 amide bonds. The lowest BCUT2D eigenvalue weighted by Gasteiger charge is -2.40. The fourth-order valence-corrected chi connectivity index (χ4v) is 9.54. The highest BCUT2D eigenvalue weighted by Gasteiger charge is 2.66. The zero-order valence-corrected chi connectivity index (χ0v) is 45.2. The molecule has 73 heavy (non-hydrogen) atoms. The van der Waals surface area contributed by atoms with E-state index in [1.807, 2.05) is 12.1 Å². The van der Waals surface area contributed by atoms with Gasteiger partial charge in [-0.15, -0.1) is 0 Å². The molecule has 420 valence electrons. The van der Waals surface area contributed by atoms with Gasteiger partial charge in [-0.3, -0.25) is 0 Å². The summed E-state index contributed by atoms with van der Waals surface area (Å²) in [7, 11) is -27.6. The van der Waals surface area contributed by atoms with Gasteiger partial charge in [0.25, 0.3) is 0 Å². The summed E-state index contributed by atoms with van der Waals surface area (Å²) in [5, 5.41) is 0. The highest BCUT2D eigenvalue weighted by Crippen LogP contribution is 3.03. The van der Waals surface area contributed by atoms with Gasteiger partial charge in [-0.05, 0) is 109 Å². The Bertz CT molecular complexity index is 2880. The van der Waals surface area contributed by atoms with Gasteiger partial charge in [-0.25, -0.2) is 21.1 Å². The number of nitrogens with zero attached hydrogens (tertiary/aromatic N) is 2. The first kappa shape index (κ1) is 66.8. The fourth-order valence-electron chi connectivity index (χ4n) is 5.24. The molecule has 0 aliphatic rings. The molecule has 32 heteroatoms. The normalized spacial score (nSPS) is 14.8. The molecule has 0 aliphatic heterocycles. The molecule has 5 rings (SSSR count). The molecule has 0 N–H and O–H groups in total. The van der Waals surface area contributed by atoms with Crippen LogP contribution in [0.3, 0.4) is 0 Å². The van der Waals surface area contributed by atoms with Gasteiger partial charge >= 0.3 is 42.2 Å². The van der Waals surface area contributed by atoms with Crippen molar-refractivity contribution in [3.8, 4) is 11.5 Å². The molecule has 0 heterocycles. The van der Waals surface area contributed by atoms with Crippen LogP contribution in [0, 0.1) is 0 Å². The maximum Gasteiger partial charge on any atom is 0.335 e. The lowest BCUT2D eigenvalue weighted by molar-refractivity contribution is 0.360. The average molecular weight is 1260 g/mol. The zero-order valence-electron chi connectivity index (χ0n) is 38.7. The maximum atomic E-state index is 12.7. The van der Waals surface area contributed by atoms with Crippen molar-refractivity contribution in [3.05, 3.63) is 148 Å². The largest absolute Gasteiger partial charge is 0.497 e. The van der Waals surface area contributed by atoms with Crippen molar-refractivity contribution >= 4 is 78.0 Å². The summed E-state index contributed by atoms with van der Waals surface area (Å²) in [4.78, 5) is -3.81. The number of hydrogen-bond donors (Lipinski definition) is 0. The maximum absolute atomic E-state index is 12.7. The van der Waals surface area contributed by atoms with Crippen molar-refractivity contribution in [2.75, 3.05) is 41.1 Å². The summed E-state index contributed by atoms with van der Waals surface area (Å²) in [5.74, 6) is 0.270. The molecule has 0 bridgehead atoms. The number of rotatable bonds is 15. The molecule has 0 spiro atoms. The lowest BCUT2D eigenvalue weighted by Crippen LogP contribution is -2.27. The molecule has 5 aromatic carbocycles. The summed E-state index contributed by atoms with van der Waals surface area (Å²) >= 11 is 2.10. The molecule has 0 saturated carbocycles. The number of hydrogen-bond acceptors (Lipinski definition) is 9. The summed E-state index contributed by atoms with van der Waals surface area (Å²) in [6.07, 6.45) is 0. The zero-order chi connectivity index (χ0) is 57.0. The molecular formula is C41H50BrF15N2O8S6. The molecule has 0 fully saturated rings.